The van der Waals surface area contributed by atoms with Crippen molar-refractivity contribution in [1.29, 1.82) is 0 Å². The fourth-order valence-corrected chi connectivity index (χ4v) is 5.29. The van der Waals surface area contributed by atoms with Gasteiger partial charge < -0.3 is 5.11 Å². The van der Waals surface area contributed by atoms with Gasteiger partial charge in [-0.15, -0.1) is 0 Å². The topological polar surface area (TPSA) is 84.3 Å². The van der Waals surface area contributed by atoms with E-state index in [2.05, 4.69) is 4.98 Å². The predicted molar refractivity (Wildman–Crippen MR) is 112 cm³/mol. The normalized spacial score (nSPS) is 11.5. The predicted octanol–water partition coefficient (Wildman–Crippen LogP) is 5.39. The van der Waals surface area contributed by atoms with Crippen LogP contribution in [0.5, 0.6) is 0 Å². The van der Waals surface area contributed by atoms with E-state index in [-0.39, 0.29) is 27.3 Å². The highest BCUT2D eigenvalue weighted by atomic mass is 35.5. The Balaban J connectivity index is 2.49. The van der Waals surface area contributed by atoms with E-state index in [0.717, 1.165) is 18.2 Å². The number of pyridine rings is 1. The number of aromatic nitrogens is 1. The zero-order valence-corrected chi connectivity index (χ0v) is 18.4. The third-order valence-electron chi connectivity index (χ3n) is 4.97. The van der Waals surface area contributed by atoms with Crippen molar-refractivity contribution in [3.8, 4) is 11.3 Å². The van der Waals surface area contributed by atoms with Gasteiger partial charge in [0.15, 0.2) is 5.69 Å². The summed E-state index contributed by atoms with van der Waals surface area (Å²) in [5.74, 6) is -3.15. The van der Waals surface area contributed by atoms with E-state index >= 15 is 0 Å². The Hall–Kier alpha value is -2.84. The average Bonchev–Trinajstić information content (AvgIpc) is 2.70. The molecule has 0 atom stereocenters. The lowest BCUT2D eigenvalue weighted by atomic mass is 10.0. The quantitative estimate of drug-likeness (QED) is 0.546. The van der Waals surface area contributed by atoms with Gasteiger partial charge in [0.1, 0.15) is 16.5 Å². The number of aromatic carboxylic acids is 1. The van der Waals surface area contributed by atoms with E-state index in [0.29, 0.717) is 10.6 Å². The van der Waals surface area contributed by atoms with Crippen molar-refractivity contribution < 1.29 is 27.1 Å². The largest absolute Gasteiger partial charge is 0.477 e. The zero-order chi connectivity index (χ0) is 23.1. The molecule has 0 spiro atoms. The summed E-state index contributed by atoms with van der Waals surface area (Å²) in [6, 6.07) is 6.58. The summed E-state index contributed by atoms with van der Waals surface area (Å²) in [6.45, 7) is 4.72. The minimum Gasteiger partial charge on any atom is -0.477 e. The van der Waals surface area contributed by atoms with Crippen LogP contribution in [0.25, 0.3) is 11.3 Å². The highest BCUT2D eigenvalue weighted by Gasteiger charge is 2.31. The molecule has 0 aliphatic rings. The number of hydrogen-bond acceptors (Lipinski definition) is 4. The van der Waals surface area contributed by atoms with E-state index in [1.165, 1.54) is 25.1 Å². The first-order valence-electron chi connectivity index (χ1n) is 9.22. The summed E-state index contributed by atoms with van der Waals surface area (Å²) >= 11 is 6.01. The Labute approximate surface area is 183 Å². The maximum Gasteiger partial charge on any atom is 0.354 e. The summed E-state index contributed by atoms with van der Waals surface area (Å²) in [5, 5.41) is 9.96. The average molecular weight is 466 g/mol. The third-order valence-corrected chi connectivity index (χ3v) is 7.30. The van der Waals surface area contributed by atoms with Crippen LogP contribution in [-0.2, 0) is 16.3 Å². The second-order valence-corrected chi connectivity index (χ2v) is 9.23. The standard InChI is InChI=1S/C22H18ClF2NO4S/c1-4-15-12(3)21(31(29,30)14-6-7-17(23)11(2)9-14)19(26-20(15)22(27)28)16-10-13(24)5-8-18(16)25/h5-10H,4H2,1-3H3,(H,27,28). The summed E-state index contributed by atoms with van der Waals surface area (Å²) in [6.07, 6.45) is 0.175. The van der Waals surface area contributed by atoms with Gasteiger partial charge in [0.2, 0.25) is 9.84 Å². The number of carbonyl (C=O) groups is 1. The van der Waals surface area contributed by atoms with Crippen molar-refractivity contribution >= 4 is 27.4 Å². The van der Waals surface area contributed by atoms with Gasteiger partial charge in [0.05, 0.1) is 10.6 Å². The number of carboxylic acids is 1. The first-order chi connectivity index (χ1) is 14.5. The molecule has 3 rings (SSSR count). The molecule has 9 heteroatoms. The van der Waals surface area contributed by atoms with E-state index < -0.39 is 44.4 Å². The molecule has 0 radical (unpaired) electrons. The van der Waals surface area contributed by atoms with E-state index in [1.54, 1.807) is 13.8 Å². The number of rotatable bonds is 5. The Kier molecular flexibility index (Phi) is 6.16. The second-order valence-electron chi connectivity index (χ2n) is 6.94. The number of sulfone groups is 1. The number of nitrogens with zero attached hydrogens (tertiary/aromatic N) is 1. The van der Waals surface area contributed by atoms with Gasteiger partial charge in [0, 0.05) is 10.6 Å². The number of benzene rings is 2. The van der Waals surface area contributed by atoms with Gasteiger partial charge in [-0.25, -0.2) is 27.0 Å². The molecule has 162 valence electrons. The Morgan fingerprint density at radius 2 is 1.81 bits per heavy atom. The van der Waals surface area contributed by atoms with Gasteiger partial charge in [-0.1, -0.05) is 18.5 Å². The van der Waals surface area contributed by atoms with Crippen molar-refractivity contribution in [2.75, 3.05) is 0 Å². The lowest BCUT2D eigenvalue weighted by Crippen LogP contribution is -2.16. The number of carboxylic acid groups (broad SMARTS) is 1. The number of halogens is 3. The van der Waals surface area contributed by atoms with Crippen molar-refractivity contribution in [3.05, 3.63) is 75.4 Å². The van der Waals surface area contributed by atoms with Gasteiger partial charge in [-0.3, -0.25) is 0 Å². The van der Waals surface area contributed by atoms with Crippen molar-refractivity contribution in [2.45, 2.75) is 37.0 Å². The number of aryl methyl sites for hydroxylation is 1. The SMILES string of the molecule is CCc1c(C(=O)O)nc(-c2cc(F)ccc2F)c(S(=O)(=O)c2ccc(Cl)c(C)c2)c1C. The molecule has 0 fully saturated rings. The molecule has 0 saturated carbocycles. The molecular weight excluding hydrogens is 448 g/mol. The summed E-state index contributed by atoms with van der Waals surface area (Å²) in [4.78, 5) is 15.3. The van der Waals surface area contributed by atoms with Crippen molar-refractivity contribution in [1.82, 2.24) is 4.98 Å². The molecule has 31 heavy (non-hydrogen) atoms. The molecule has 0 unspecified atom stereocenters. The number of hydrogen-bond donors (Lipinski definition) is 1. The molecule has 0 bridgehead atoms. The van der Waals surface area contributed by atoms with Gasteiger partial charge in [-0.2, -0.15) is 0 Å². The zero-order valence-electron chi connectivity index (χ0n) is 16.8. The lowest BCUT2D eigenvalue weighted by Gasteiger charge is -2.18. The molecular formula is C22H18ClF2NO4S. The maximum atomic E-state index is 14.6. The lowest BCUT2D eigenvalue weighted by molar-refractivity contribution is 0.0689. The molecule has 1 heterocycles. The minimum absolute atomic E-state index is 0.112. The van der Waals surface area contributed by atoms with Crippen LogP contribution in [0.15, 0.2) is 46.2 Å². The van der Waals surface area contributed by atoms with Crippen LogP contribution in [0.2, 0.25) is 5.02 Å². The van der Waals surface area contributed by atoms with Gasteiger partial charge in [-0.05, 0) is 73.4 Å². The summed E-state index contributed by atoms with van der Waals surface area (Å²) in [5.41, 5.74) is -0.512. The van der Waals surface area contributed by atoms with Crippen LogP contribution in [-0.4, -0.2) is 24.5 Å². The van der Waals surface area contributed by atoms with E-state index in [1.807, 2.05) is 0 Å². The molecule has 3 aromatic rings. The van der Waals surface area contributed by atoms with Gasteiger partial charge in [0.25, 0.3) is 0 Å². The first kappa shape index (κ1) is 22.8. The van der Waals surface area contributed by atoms with E-state index in [4.69, 9.17) is 11.6 Å². The van der Waals surface area contributed by atoms with Crippen molar-refractivity contribution in [2.24, 2.45) is 0 Å². The smallest absolute Gasteiger partial charge is 0.354 e. The molecule has 0 amide bonds. The fraction of sp³-hybridized carbons (Fsp3) is 0.182. The third kappa shape index (κ3) is 4.05. The van der Waals surface area contributed by atoms with Crippen LogP contribution in [0.1, 0.15) is 34.1 Å². The molecule has 2 aromatic carbocycles. The molecule has 0 aliphatic carbocycles. The second kappa shape index (κ2) is 8.36. The monoisotopic (exact) mass is 465 g/mol. The summed E-state index contributed by atoms with van der Waals surface area (Å²) < 4.78 is 55.8. The summed E-state index contributed by atoms with van der Waals surface area (Å²) in [7, 11) is -4.30. The fourth-order valence-electron chi connectivity index (χ4n) is 3.42. The van der Waals surface area contributed by atoms with Crippen molar-refractivity contribution in [3.63, 3.8) is 0 Å². The molecule has 5 nitrogen and oxygen atoms in total. The van der Waals surface area contributed by atoms with Crippen LogP contribution < -0.4 is 0 Å². The molecule has 0 saturated heterocycles. The van der Waals surface area contributed by atoms with Crippen LogP contribution in [0, 0.1) is 25.5 Å². The van der Waals surface area contributed by atoms with Crippen LogP contribution in [0.4, 0.5) is 8.78 Å². The Morgan fingerprint density at radius 1 is 1.13 bits per heavy atom. The molecule has 1 aromatic heterocycles. The maximum absolute atomic E-state index is 14.6. The van der Waals surface area contributed by atoms with E-state index in [9.17, 15) is 27.1 Å². The Bertz CT molecular complexity index is 1320. The van der Waals surface area contributed by atoms with Gasteiger partial charge >= 0.3 is 5.97 Å². The Morgan fingerprint density at radius 3 is 2.39 bits per heavy atom. The first-order valence-corrected chi connectivity index (χ1v) is 11.1. The highest BCUT2D eigenvalue weighted by molar-refractivity contribution is 7.91. The minimum atomic E-state index is -4.30. The molecule has 1 N–H and O–H groups in total. The van der Waals surface area contributed by atoms with Crippen LogP contribution >= 0.6 is 11.6 Å². The molecule has 0 aliphatic heterocycles. The van der Waals surface area contributed by atoms with Crippen LogP contribution in [0.3, 0.4) is 0 Å². The highest BCUT2D eigenvalue weighted by Crippen LogP contribution is 2.37.